The topological polar surface area (TPSA) is 38.0 Å². The predicted octanol–water partition coefficient (Wildman–Crippen LogP) is 3.23. The Morgan fingerprint density at radius 1 is 1.42 bits per heavy atom. The zero-order valence-electron chi connectivity index (χ0n) is 11.0. The van der Waals surface area contributed by atoms with Crippen molar-refractivity contribution in [1.29, 1.82) is 0 Å². The van der Waals surface area contributed by atoms with E-state index < -0.39 is 17.7 Å². The summed E-state index contributed by atoms with van der Waals surface area (Å²) in [5, 5.41) is 14.7. The average molecular weight is 276 g/mol. The molecule has 6 heteroatoms. The molecule has 1 fully saturated rings. The van der Waals surface area contributed by atoms with Gasteiger partial charge in [-0.2, -0.15) is 18.3 Å². The standard InChI is InChI=1S/C13H19F3N2O/c1-2-9-18-11(5-8-17-18)12(19)6-3-10(4-7-12)13(14,15)16/h5,8,10,19H,2-4,6-7,9H2,1H3. The summed E-state index contributed by atoms with van der Waals surface area (Å²) in [4.78, 5) is 0. The second kappa shape index (κ2) is 5.15. The van der Waals surface area contributed by atoms with E-state index in [2.05, 4.69) is 5.10 Å². The van der Waals surface area contributed by atoms with Crippen LogP contribution in [0.1, 0.15) is 44.7 Å². The molecule has 0 amide bonds. The number of hydrogen-bond acceptors (Lipinski definition) is 2. The fraction of sp³-hybridized carbons (Fsp3) is 0.769. The predicted molar refractivity (Wildman–Crippen MR) is 64.4 cm³/mol. The first kappa shape index (κ1) is 14.4. The third-order valence-corrected chi connectivity index (χ3v) is 3.90. The van der Waals surface area contributed by atoms with Crippen molar-refractivity contribution in [3.8, 4) is 0 Å². The number of aromatic nitrogens is 2. The Morgan fingerprint density at radius 2 is 2.05 bits per heavy atom. The lowest BCUT2D eigenvalue weighted by molar-refractivity contribution is -0.193. The Morgan fingerprint density at radius 3 is 2.58 bits per heavy atom. The van der Waals surface area contributed by atoms with Gasteiger partial charge >= 0.3 is 6.18 Å². The summed E-state index contributed by atoms with van der Waals surface area (Å²) in [5.74, 6) is -1.28. The van der Waals surface area contributed by atoms with Gasteiger partial charge < -0.3 is 5.11 Å². The molecule has 0 bridgehead atoms. The summed E-state index contributed by atoms with van der Waals surface area (Å²) in [5.41, 5.74) is -0.511. The van der Waals surface area contributed by atoms with Gasteiger partial charge in [0.15, 0.2) is 0 Å². The van der Waals surface area contributed by atoms with Crippen molar-refractivity contribution in [2.24, 2.45) is 5.92 Å². The molecule has 19 heavy (non-hydrogen) atoms. The number of alkyl halides is 3. The molecule has 0 unspecified atom stereocenters. The molecule has 1 aromatic rings. The fourth-order valence-corrected chi connectivity index (χ4v) is 2.80. The molecule has 0 radical (unpaired) electrons. The minimum Gasteiger partial charge on any atom is -0.384 e. The normalized spacial score (nSPS) is 28.6. The van der Waals surface area contributed by atoms with Crippen molar-refractivity contribution in [3.63, 3.8) is 0 Å². The zero-order valence-corrected chi connectivity index (χ0v) is 11.0. The van der Waals surface area contributed by atoms with Crippen LogP contribution in [0.4, 0.5) is 13.2 Å². The highest BCUT2D eigenvalue weighted by atomic mass is 19.4. The molecule has 1 N–H and O–H groups in total. The first-order chi connectivity index (χ1) is 8.87. The van der Waals surface area contributed by atoms with Crippen molar-refractivity contribution in [2.45, 2.75) is 57.3 Å². The molecule has 1 aromatic heterocycles. The van der Waals surface area contributed by atoms with E-state index >= 15 is 0 Å². The van der Waals surface area contributed by atoms with E-state index in [0.717, 1.165) is 6.42 Å². The number of aryl methyl sites for hydroxylation is 1. The Labute approximate surface area is 110 Å². The molecule has 3 nitrogen and oxygen atoms in total. The van der Waals surface area contributed by atoms with Crippen molar-refractivity contribution >= 4 is 0 Å². The van der Waals surface area contributed by atoms with Gasteiger partial charge in [0.1, 0.15) is 5.60 Å². The lowest BCUT2D eigenvalue weighted by atomic mass is 9.77. The van der Waals surface area contributed by atoms with E-state index in [-0.39, 0.29) is 25.7 Å². The van der Waals surface area contributed by atoms with Crippen LogP contribution < -0.4 is 0 Å². The van der Waals surface area contributed by atoms with E-state index in [1.54, 1.807) is 16.9 Å². The largest absolute Gasteiger partial charge is 0.391 e. The molecular weight excluding hydrogens is 257 g/mol. The first-order valence-electron chi connectivity index (χ1n) is 6.68. The van der Waals surface area contributed by atoms with E-state index in [0.29, 0.717) is 12.2 Å². The summed E-state index contributed by atoms with van der Waals surface area (Å²) >= 11 is 0. The minimum atomic E-state index is -4.15. The zero-order chi connectivity index (χ0) is 14.1. The molecule has 108 valence electrons. The van der Waals surface area contributed by atoms with Crippen LogP contribution in [0.2, 0.25) is 0 Å². The molecule has 0 spiro atoms. The monoisotopic (exact) mass is 276 g/mol. The molecule has 1 heterocycles. The number of rotatable bonds is 3. The Hall–Kier alpha value is -1.04. The molecule has 0 aromatic carbocycles. The maximum atomic E-state index is 12.6. The third-order valence-electron chi connectivity index (χ3n) is 3.90. The highest BCUT2D eigenvalue weighted by Gasteiger charge is 2.46. The number of aliphatic hydroxyl groups is 1. The minimum absolute atomic E-state index is 0.0166. The number of nitrogens with zero attached hydrogens (tertiary/aromatic N) is 2. The number of halogens is 3. The van der Waals surface area contributed by atoms with Crippen LogP contribution in [-0.4, -0.2) is 21.1 Å². The van der Waals surface area contributed by atoms with Gasteiger partial charge in [0, 0.05) is 12.7 Å². The second-order valence-electron chi connectivity index (χ2n) is 5.29. The fourth-order valence-electron chi connectivity index (χ4n) is 2.80. The van der Waals surface area contributed by atoms with E-state index in [1.165, 1.54) is 0 Å². The van der Waals surface area contributed by atoms with Gasteiger partial charge in [-0.3, -0.25) is 4.68 Å². The Balaban J connectivity index is 2.11. The lowest BCUT2D eigenvalue weighted by Crippen LogP contribution is -2.37. The van der Waals surface area contributed by atoms with E-state index in [9.17, 15) is 18.3 Å². The maximum absolute atomic E-state index is 12.6. The third kappa shape index (κ3) is 2.94. The van der Waals surface area contributed by atoms with Crippen molar-refractivity contribution in [3.05, 3.63) is 18.0 Å². The van der Waals surface area contributed by atoms with Crippen LogP contribution in [0, 0.1) is 5.92 Å². The Bertz CT molecular complexity index is 420. The van der Waals surface area contributed by atoms with Gasteiger partial charge in [0.05, 0.1) is 11.6 Å². The highest BCUT2D eigenvalue weighted by molar-refractivity contribution is 5.13. The van der Waals surface area contributed by atoms with Gasteiger partial charge in [-0.1, -0.05) is 6.92 Å². The van der Waals surface area contributed by atoms with Crippen molar-refractivity contribution < 1.29 is 18.3 Å². The molecule has 0 atom stereocenters. The van der Waals surface area contributed by atoms with Crippen LogP contribution in [0.25, 0.3) is 0 Å². The smallest absolute Gasteiger partial charge is 0.384 e. The molecule has 1 aliphatic rings. The maximum Gasteiger partial charge on any atom is 0.391 e. The van der Waals surface area contributed by atoms with Crippen LogP contribution in [0.15, 0.2) is 12.3 Å². The van der Waals surface area contributed by atoms with Crippen LogP contribution >= 0.6 is 0 Å². The van der Waals surface area contributed by atoms with Crippen LogP contribution in [0.3, 0.4) is 0 Å². The molecule has 1 saturated carbocycles. The molecule has 0 aliphatic heterocycles. The van der Waals surface area contributed by atoms with E-state index in [1.807, 2.05) is 6.92 Å². The van der Waals surface area contributed by atoms with Gasteiger partial charge in [-0.25, -0.2) is 0 Å². The van der Waals surface area contributed by atoms with Gasteiger partial charge in [-0.15, -0.1) is 0 Å². The number of hydrogen-bond donors (Lipinski definition) is 1. The molecule has 2 rings (SSSR count). The lowest BCUT2D eigenvalue weighted by Gasteiger charge is -2.36. The second-order valence-corrected chi connectivity index (χ2v) is 5.29. The SMILES string of the molecule is CCCn1nccc1C1(O)CCC(C(F)(F)F)CC1. The van der Waals surface area contributed by atoms with Crippen molar-refractivity contribution in [1.82, 2.24) is 9.78 Å². The quantitative estimate of drug-likeness (QED) is 0.920. The first-order valence-corrected chi connectivity index (χ1v) is 6.68. The summed E-state index contributed by atoms with van der Waals surface area (Å²) in [6.07, 6.45) is -1.42. The van der Waals surface area contributed by atoms with Crippen LogP contribution in [0.5, 0.6) is 0 Å². The van der Waals surface area contributed by atoms with Gasteiger partial charge in [0.2, 0.25) is 0 Å². The molecule has 0 saturated heterocycles. The highest BCUT2D eigenvalue weighted by Crippen LogP contribution is 2.45. The van der Waals surface area contributed by atoms with E-state index in [4.69, 9.17) is 0 Å². The molecule has 1 aliphatic carbocycles. The Kier molecular flexibility index (Phi) is 3.90. The van der Waals surface area contributed by atoms with Crippen LogP contribution in [-0.2, 0) is 12.1 Å². The van der Waals surface area contributed by atoms with Crippen molar-refractivity contribution in [2.75, 3.05) is 0 Å². The summed E-state index contributed by atoms with van der Waals surface area (Å²) in [6.45, 7) is 2.67. The molecular formula is C13H19F3N2O. The summed E-state index contributed by atoms with van der Waals surface area (Å²) in [6, 6.07) is 1.71. The summed E-state index contributed by atoms with van der Waals surface area (Å²) in [7, 11) is 0. The average Bonchev–Trinajstić information content (AvgIpc) is 2.78. The van der Waals surface area contributed by atoms with Gasteiger partial charge in [0.25, 0.3) is 0 Å². The summed E-state index contributed by atoms with van der Waals surface area (Å²) < 4.78 is 39.6. The van der Waals surface area contributed by atoms with Gasteiger partial charge in [-0.05, 0) is 38.2 Å².